The first-order chi connectivity index (χ1) is 18.5. The molecule has 14 bridgehead atoms. The Bertz CT molecular complexity index is 1620. The number of ketones is 2. The van der Waals surface area contributed by atoms with Gasteiger partial charge >= 0.3 is 0 Å². The maximum absolute atomic E-state index is 14.5. The van der Waals surface area contributed by atoms with Crippen molar-refractivity contribution in [2.45, 2.75) is 49.1 Å². The van der Waals surface area contributed by atoms with Gasteiger partial charge in [-0.2, -0.15) is 10.5 Å². The van der Waals surface area contributed by atoms with Crippen molar-refractivity contribution < 1.29 is 19.1 Å². The van der Waals surface area contributed by atoms with E-state index in [0.717, 1.165) is 25.7 Å². The molecule has 188 valence electrons. The zero-order valence-electron chi connectivity index (χ0n) is 20.7. The van der Waals surface area contributed by atoms with Crippen molar-refractivity contribution in [3.63, 3.8) is 0 Å². The summed E-state index contributed by atoms with van der Waals surface area (Å²) in [6.07, 6.45) is 13.2. The average molecular weight is 503 g/mol. The highest BCUT2D eigenvalue weighted by Crippen LogP contribution is 2.97. The molecule has 13 fully saturated rings. The third kappa shape index (κ3) is 1.04. The molecule has 0 aromatic heterocycles. The van der Waals surface area contributed by atoms with Crippen LogP contribution in [0.1, 0.15) is 25.7 Å². The zero-order chi connectivity index (χ0) is 24.7. The molecule has 2 saturated heterocycles. The molecule has 0 aromatic rings. The third-order valence-corrected chi connectivity index (χ3v) is 16.7. The van der Waals surface area contributed by atoms with Crippen molar-refractivity contribution in [2.75, 3.05) is 0 Å². The van der Waals surface area contributed by atoms with E-state index < -0.39 is 27.3 Å². The van der Waals surface area contributed by atoms with Gasteiger partial charge in [0.25, 0.3) is 0 Å². The molecule has 6 heteroatoms. The molecule has 38 heavy (non-hydrogen) atoms. The van der Waals surface area contributed by atoms with Crippen molar-refractivity contribution in [2.24, 2.45) is 92.7 Å². The topological polar surface area (TPSA) is 100 Å². The molecule has 16 rings (SSSR count). The smallest absolute Gasteiger partial charge is 0.169 e. The van der Waals surface area contributed by atoms with Crippen LogP contribution in [0.15, 0.2) is 24.3 Å². The van der Waals surface area contributed by atoms with Gasteiger partial charge in [-0.3, -0.25) is 9.59 Å². The van der Waals surface area contributed by atoms with Crippen molar-refractivity contribution in [3.05, 3.63) is 24.3 Å². The van der Waals surface area contributed by atoms with Gasteiger partial charge in [-0.05, 0) is 73.0 Å². The summed E-state index contributed by atoms with van der Waals surface area (Å²) in [5.41, 5.74) is -3.76. The summed E-state index contributed by atoms with van der Waals surface area (Å²) >= 11 is 0. The number of nitriles is 2. The van der Waals surface area contributed by atoms with Gasteiger partial charge in [0.05, 0.1) is 46.4 Å². The van der Waals surface area contributed by atoms with Crippen LogP contribution in [0.3, 0.4) is 0 Å². The van der Waals surface area contributed by atoms with Gasteiger partial charge in [0, 0.05) is 23.7 Å². The highest BCUT2D eigenvalue weighted by Gasteiger charge is 3.05. The number of nitrogens with zero attached hydrogens (tertiary/aromatic N) is 2. The zero-order valence-corrected chi connectivity index (χ0v) is 20.7. The number of hydrogen-bond donors (Lipinski definition) is 0. The molecule has 0 radical (unpaired) electrons. The van der Waals surface area contributed by atoms with E-state index in [9.17, 15) is 20.1 Å². The van der Waals surface area contributed by atoms with Crippen LogP contribution < -0.4 is 0 Å². The highest BCUT2D eigenvalue weighted by molar-refractivity contribution is 6.07. The Kier molecular flexibility index (Phi) is 2.24. The van der Waals surface area contributed by atoms with E-state index in [0.29, 0.717) is 17.8 Å². The molecule has 4 spiro atoms. The van der Waals surface area contributed by atoms with Crippen LogP contribution in [-0.2, 0) is 19.1 Å². The van der Waals surface area contributed by atoms with E-state index in [4.69, 9.17) is 9.47 Å². The minimum Gasteiger partial charge on any atom is -0.367 e. The fraction of sp³-hybridized carbons (Fsp3) is 0.750. The second kappa shape index (κ2) is 4.49. The standard InChI is InChI=1S/C32H26N2O4/c33-9-27-15-4-3-14-21-22(15)29(25(27)35)8-7-12-11-1-2-13(18(12)32(21,29)37-23(14)27)20-19(11)30-17-6-5-16-24(38-31(16,20)30)28(17,10-34)26(30)36/h1-2,7-8,11-24H,3-6H2/t11?,12-,13?,14-,15+,16+,17-,18-,19?,20?,21?,22?,23+,24+,27+,28+,29-,30+,31+,32-/m0/s1. The number of fused-ring (bicyclic) bond motifs is 2. The quantitative estimate of drug-likeness (QED) is 0.472. The van der Waals surface area contributed by atoms with Crippen molar-refractivity contribution in [1.29, 1.82) is 10.5 Å². The predicted molar refractivity (Wildman–Crippen MR) is 125 cm³/mol. The van der Waals surface area contributed by atoms with E-state index in [-0.39, 0.29) is 82.6 Å². The van der Waals surface area contributed by atoms with Crippen molar-refractivity contribution in [1.82, 2.24) is 0 Å². The number of ether oxygens (including phenoxy) is 2. The minimum atomic E-state index is -0.932. The molecule has 14 aliphatic carbocycles. The fourth-order valence-corrected chi connectivity index (χ4v) is 16.9. The van der Waals surface area contributed by atoms with Gasteiger partial charge in [-0.25, -0.2) is 0 Å². The Morgan fingerprint density at radius 1 is 0.711 bits per heavy atom. The molecule has 2 heterocycles. The minimum absolute atomic E-state index is 0.156. The van der Waals surface area contributed by atoms with Crippen molar-refractivity contribution in [3.8, 4) is 12.1 Å². The fourth-order valence-electron chi connectivity index (χ4n) is 16.9. The molecule has 6 unspecified atom stereocenters. The van der Waals surface area contributed by atoms with E-state index >= 15 is 0 Å². The van der Waals surface area contributed by atoms with E-state index in [1.807, 2.05) is 0 Å². The van der Waals surface area contributed by atoms with Gasteiger partial charge < -0.3 is 9.47 Å². The second-order valence-corrected chi connectivity index (χ2v) is 15.7. The third-order valence-electron chi connectivity index (χ3n) is 16.7. The Balaban J connectivity index is 1.04. The number of hydrogen-bond acceptors (Lipinski definition) is 6. The second-order valence-electron chi connectivity index (χ2n) is 15.7. The van der Waals surface area contributed by atoms with Crippen molar-refractivity contribution >= 4 is 11.6 Å². The Hall–Kier alpha value is -2.28. The van der Waals surface area contributed by atoms with Crippen LogP contribution in [0.25, 0.3) is 0 Å². The molecular formula is C32H26N2O4. The highest BCUT2D eigenvalue weighted by atomic mass is 16.6. The molecule has 0 N–H and O–H groups in total. The Morgan fingerprint density at radius 3 is 2.32 bits per heavy atom. The molecule has 0 amide bonds. The molecule has 6 nitrogen and oxygen atoms in total. The SMILES string of the molecule is N#C[C@]12C(=O)[C@@]34C5C6C=CC(C5[C@@]35O[C@@H]1[C@H]5CC[C@@H]24)[C@@H]1[C@H]6C=C[C@@]23C(=O)[C@]4(C#N)[C@@H]5CC[C@H]6C(C52)[C@@]13O[C@H]64. The Morgan fingerprint density at radius 2 is 1.47 bits per heavy atom. The maximum Gasteiger partial charge on any atom is 0.169 e. The van der Waals surface area contributed by atoms with Crippen LogP contribution in [0, 0.1) is 115 Å². The summed E-state index contributed by atoms with van der Waals surface area (Å²) in [7, 11) is 0. The van der Waals surface area contributed by atoms with Gasteiger partial charge in [-0.15, -0.1) is 0 Å². The number of carbonyl (C=O) groups is 2. The summed E-state index contributed by atoms with van der Waals surface area (Å²) in [6, 6.07) is 5.08. The summed E-state index contributed by atoms with van der Waals surface area (Å²) in [5.74, 6) is 3.56. The van der Waals surface area contributed by atoms with Crippen LogP contribution >= 0.6 is 0 Å². The molecule has 2 aliphatic heterocycles. The van der Waals surface area contributed by atoms with Gasteiger partial charge in [0.1, 0.15) is 10.8 Å². The van der Waals surface area contributed by atoms with Crippen LogP contribution in [-0.4, -0.2) is 35.0 Å². The first-order valence-corrected chi connectivity index (χ1v) is 15.2. The van der Waals surface area contributed by atoms with Gasteiger partial charge in [0.15, 0.2) is 11.6 Å². The van der Waals surface area contributed by atoms with Crippen LogP contribution in [0.4, 0.5) is 0 Å². The maximum atomic E-state index is 14.5. The molecular weight excluding hydrogens is 476 g/mol. The number of carbonyl (C=O) groups excluding carboxylic acids is 2. The Labute approximate surface area is 219 Å². The number of rotatable bonds is 0. The van der Waals surface area contributed by atoms with Gasteiger partial charge in [0.2, 0.25) is 0 Å². The van der Waals surface area contributed by atoms with Crippen LogP contribution in [0.5, 0.6) is 0 Å². The number of Topliss-reactive ketones (excluding diaryl/α,β-unsaturated/α-hetero) is 2. The summed E-state index contributed by atoms with van der Waals surface area (Å²) in [6.45, 7) is 0. The normalized spacial score (nSPS) is 77.8. The largest absolute Gasteiger partial charge is 0.367 e. The molecule has 20 atom stereocenters. The number of allylic oxidation sites excluding steroid dienone is 3. The molecule has 11 saturated carbocycles. The summed E-state index contributed by atoms with van der Waals surface area (Å²) in [4.78, 5) is 28.6. The monoisotopic (exact) mass is 502 g/mol. The van der Waals surface area contributed by atoms with E-state index in [2.05, 4.69) is 36.4 Å². The molecule has 16 aliphatic rings. The lowest BCUT2D eigenvalue weighted by molar-refractivity contribution is -0.529. The lowest BCUT2D eigenvalue weighted by Gasteiger charge is -2.95. The lowest BCUT2D eigenvalue weighted by atomic mass is 9.11. The first kappa shape index (κ1) is 18.9. The summed E-state index contributed by atoms with van der Waals surface area (Å²) in [5, 5.41) is 20.7. The van der Waals surface area contributed by atoms with E-state index in [1.165, 1.54) is 0 Å². The van der Waals surface area contributed by atoms with E-state index in [1.54, 1.807) is 0 Å². The average Bonchev–Trinajstić information content (AvgIpc) is 3.21. The van der Waals surface area contributed by atoms with Crippen LogP contribution in [0.2, 0.25) is 0 Å². The molecule has 0 aromatic carbocycles. The first-order valence-electron chi connectivity index (χ1n) is 15.2. The summed E-state index contributed by atoms with van der Waals surface area (Å²) < 4.78 is 14.1. The van der Waals surface area contributed by atoms with Gasteiger partial charge in [-0.1, -0.05) is 24.3 Å². The predicted octanol–water partition coefficient (Wildman–Crippen LogP) is 2.61. The lowest BCUT2D eigenvalue weighted by Crippen LogP contribution is -3.04.